The van der Waals surface area contributed by atoms with Gasteiger partial charge in [0.25, 0.3) is 0 Å². The van der Waals surface area contributed by atoms with Gasteiger partial charge in [-0.2, -0.15) is 0 Å². The van der Waals surface area contributed by atoms with Crippen molar-refractivity contribution in [2.24, 2.45) is 0 Å². The summed E-state index contributed by atoms with van der Waals surface area (Å²) >= 11 is 0. The Kier molecular flexibility index (Phi) is 4.78. The molecule has 0 radical (unpaired) electrons. The molecule has 21 heavy (non-hydrogen) atoms. The maximum atomic E-state index is 6.00. The molecular formula is C17H22N2O2. The summed E-state index contributed by atoms with van der Waals surface area (Å²) in [4.78, 5) is 7.98. The van der Waals surface area contributed by atoms with Crippen LogP contribution in [0, 0.1) is 0 Å². The standard InChI is InChI=1S/C17H22N2O2/c1-11(2)13-6-15(20-5)17(12(3)4)16(7-13)21-14-8-18-10-19-9-14/h6-12H,1-5H3. The van der Waals surface area contributed by atoms with Crippen molar-refractivity contribution < 1.29 is 9.47 Å². The van der Waals surface area contributed by atoms with Crippen molar-refractivity contribution in [2.45, 2.75) is 39.5 Å². The minimum absolute atomic E-state index is 0.292. The van der Waals surface area contributed by atoms with E-state index in [0.717, 1.165) is 17.1 Å². The third kappa shape index (κ3) is 3.51. The summed E-state index contributed by atoms with van der Waals surface area (Å²) in [5.74, 6) is 2.99. The number of benzene rings is 1. The molecule has 0 bridgehead atoms. The van der Waals surface area contributed by atoms with Gasteiger partial charge in [0.15, 0.2) is 5.75 Å². The molecule has 1 aromatic carbocycles. The first-order valence-corrected chi connectivity index (χ1v) is 7.17. The smallest absolute Gasteiger partial charge is 0.164 e. The highest BCUT2D eigenvalue weighted by molar-refractivity contribution is 5.51. The molecule has 0 spiro atoms. The zero-order valence-electron chi connectivity index (χ0n) is 13.3. The molecule has 0 amide bonds. The summed E-state index contributed by atoms with van der Waals surface area (Å²) in [6, 6.07) is 4.17. The SMILES string of the molecule is COc1cc(C(C)C)cc(Oc2cncnc2)c1C(C)C. The lowest BCUT2D eigenvalue weighted by Gasteiger charge is -2.20. The summed E-state index contributed by atoms with van der Waals surface area (Å²) in [7, 11) is 1.70. The second kappa shape index (κ2) is 6.57. The lowest BCUT2D eigenvalue weighted by molar-refractivity contribution is 0.396. The second-order valence-corrected chi connectivity index (χ2v) is 5.62. The van der Waals surface area contributed by atoms with Crippen molar-refractivity contribution >= 4 is 0 Å². The van der Waals surface area contributed by atoms with E-state index in [1.807, 2.05) is 0 Å². The van der Waals surface area contributed by atoms with Gasteiger partial charge >= 0.3 is 0 Å². The monoisotopic (exact) mass is 286 g/mol. The molecule has 0 aliphatic heterocycles. The minimum atomic E-state index is 0.292. The molecule has 112 valence electrons. The molecule has 0 atom stereocenters. The Morgan fingerprint density at radius 1 is 0.905 bits per heavy atom. The van der Waals surface area contributed by atoms with E-state index in [4.69, 9.17) is 9.47 Å². The first-order valence-electron chi connectivity index (χ1n) is 7.17. The lowest BCUT2D eigenvalue weighted by Crippen LogP contribution is -2.01. The number of hydrogen-bond donors (Lipinski definition) is 0. The van der Waals surface area contributed by atoms with E-state index >= 15 is 0 Å². The predicted molar refractivity (Wildman–Crippen MR) is 83.3 cm³/mol. The number of ether oxygens (including phenoxy) is 2. The van der Waals surface area contributed by atoms with Crippen molar-refractivity contribution in [3.05, 3.63) is 42.0 Å². The van der Waals surface area contributed by atoms with Crippen molar-refractivity contribution in [1.29, 1.82) is 0 Å². The molecule has 0 N–H and O–H groups in total. The van der Waals surface area contributed by atoms with Gasteiger partial charge in [-0.25, -0.2) is 9.97 Å². The van der Waals surface area contributed by atoms with Crippen molar-refractivity contribution in [2.75, 3.05) is 7.11 Å². The average Bonchev–Trinajstić information content (AvgIpc) is 2.47. The quantitative estimate of drug-likeness (QED) is 0.810. The maximum Gasteiger partial charge on any atom is 0.164 e. The van der Waals surface area contributed by atoms with E-state index in [9.17, 15) is 0 Å². The zero-order valence-corrected chi connectivity index (χ0v) is 13.3. The van der Waals surface area contributed by atoms with Crippen LogP contribution in [0.1, 0.15) is 50.7 Å². The van der Waals surface area contributed by atoms with Crippen LogP contribution in [0.3, 0.4) is 0 Å². The first kappa shape index (κ1) is 15.3. The van der Waals surface area contributed by atoms with E-state index < -0.39 is 0 Å². The van der Waals surface area contributed by atoms with E-state index in [2.05, 4.69) is 49.8 Å². The molecule has 0 saturated carbocycles. The Hall–Kier alpha value is -2.10. The second-order valence-electron chi connectivity index (χ2n) is 5.62. The third-order valence-corrected chi connectivity index (χ3v) is 3.36. The molecule has 2 rings (SSSR count). The Bertz CT molecular complexity index is 595. The number of aromatic nitrogens is 2. The van der Waals surface area contributed by atoms with Crippen LogP contribution in [0.4, 0.5) is 0 Å². The van der Waals surface area contributed by atoms with Crippen molar-refractivity contribution in [3.63, 3.8) is 0 Å². The third-order valence-electron chi connectivity index (χ3n) is 3.36. The largest absolute Gasteiger partial charge is 0.496 e. The van der Waals surface area contributed by atoms with Crippen LogP contribution in [0.25, 0.3) is 0 Å². The molecule has 0 unspecified atom stereocenters. The van der Waals surface area contributed by atoms with Crippen LogP contribution < -0.4 is 9.47 Å². The number of nitrogens with zero attached hydrogens (tertiary/aromatic N) is 2. The summed E-state index contributed by atoms with van der Waals surface area (Å²) < 4.78 is 11.6. The number of rotatable bonds is 5. The molecule has 1 heterocycles. The van der Waals surface area contributed by atoms with Gasteiger partial charge in [-0.05, 0) is 29.5 Å². The van der Waals surface area contributed by atoms with Gasteiger partial charge in [0.05, 0.1) is 19.5 Å². The fourth-order valence-electron chi connectivity index (χ4n) is 2.24. The van der Waals surface area contributed by atoms with Crippen molar-refractivity contribution in [1.82, 2.24) is 9.97 Å². The summed E-state index contributed by atoms with van der Waals surface area (Å²) in [5, 5.41) is 0. The van der Waals surface area contributed by atoms with E-state index in [0.29, 0.717) is 17.6 Å². The highest BCUT2D eigenvalue weighted by Gasteiger charge is 2.18. The Morgan fingerprint density at radius 3 is 2.05 bits per heavy atom. The van der Waals surface area contributed by atoms with Gasteiger partial charge in [0, 0.05) is 5.56 Å². The highest BCUT2D eigenvalue weighted by Crippen LogP contribution is 2.40. The molecule has 2 aromatic rings. The summed E-state index contributed by atoms with van der Waals surface area (Å²) in [6.45, 7) is 8.56. The average molecular weight is 286 g/mol. The molecular weight excluding hydrogens is 264 g/mol. The Morgan fingerprint density at radius 2 is 1.52 bits per heavy atom. The normalized spacial score (nSPS) is 11.0. The molecule has 4 nitrogen and oxygen atoms in total. The molecule has 0 saturated heterocycles. The number of methoxy groups -OCH3 is 1. The van der Waals surface area contributed by atoms with Gasteiger partial charge in [0.1, 0.15) is 17.8 Å². The molecule has 1 aromatic heterocycles. The van der Waals surface area contributed by atoms with Crippen molar-refractivity contribution in [3.8, 4) is 17.2 Å². The lowest BCUT2D eigenvalue weighted by atomic mass is 9.95. The van der Waals surface area contributed by atoms with Gasteiger partial charge in [0.2, 0.25) is 0 Å². The van der Waals surface area contributed by atoms with Crippen LogP contribution in [0.2, 0.25) is 0 Å². The molecule has 0 aliphatic carbocycles. The van der Waals surface area contributed by atoms with Gasteiger partial charge in [-0.3, -0.25) is 0 Å². The predicted octanol–water partition coefficient (Wildman–Crippen LogP) is 4.52. The summed E-state index contributed by atoms with van der Waals surface area (Å²) in [6.07, 6.45) is 4.80. The molecule has 0 aliphatic rings. The maximum absolute atomic E-state index is 6.00. The molecule has 0 fully saturated rings. The number of hydrogen-bond acceptors (Lipinski definition) is 4. The van der Waals surface area contributed by atoms with Crippen LogP contribution in [-0.4, -0.2) is 17.1 Å². The van der Waals surface area contributed by atoms with Crippen LogP contribution >= 0.6 is 0 Å². The van der Waals surface area contributed by atoms with Crippen LogP contribution in [-0.2, 0) is 0 Å². The Balaban J connectivity index is 2.52. The van der Waals surface area contributed by atoms with Crippen LogP contribution in [0.15, 0.2) is 30.9 Å². The Labute approximate surface area is 126 Å². The minimum Gasteiger partial charge on any atom is -0.496 e. The first-order chi connectivity index (χ1) is 10.0. The molecule has 4 heteroatoms. The van der Waals surface area contributed by atoms with Gasteiger partial charge in [-0.1, -0.05) is 27.7 Å². The highest BCUT2D eigenvalue weighted by atomic mass is 16.5. The van der Waals surface area contributed by atoms with Gasteiger partial charge in [-0.15, -0.1) is 0 Å². The summed E-state index contributed by atoms with van der Waals surface area (Å²) in [5.41, 5.74) is 2.24. The fraction of sp³-hybridized carbons (Fsp3) is 0.412. The van der Waals surface area contributed by atoms with E-state index in [1.165, 1.54) is 11.9 Å². The van der Waals surface area contributed by atoms with E-state index in [1.54, 1.807) is 19.5 Å². The van der Waals surface area contributed by atoms with Gasteiger partial charge < -0.3 is 9.47 Å². The van der Waals surface area contributed by atoms with Crippen LogP contribution in [0.5, 0.6) is 17.2 Å². The zero-order chi connectivity index (χ0) is 15.4. The topological polar surface area (TPSA) is 44.2 Å². The fourth-order valence-corrected chi connectivity index (χ4v) is 2.24. The van der Waals surface area contributed by atoms with E-state index in [-0.39, 0.29) is 0 Å².